The third-order valence-electron chi connectivity index (χ3n) is 5.92. The fourth-order valence-electron chi connectivity index (χ4n) is 4.55. The molecule has 3 unspecified atom stereocenters. The quantitative estimate of drug-likeness (QED) is 0.550. The maximum atomic E-state index is 12.2. The number of anilines is 1. The zero-order valence-corrected chi connectivity index (χ0v) is 17.7. The van der Waals surface area contributed by atoms with Crippen molar-refractivity contribution in [3.8, 4) is 17.2 Å². The van der Waals surface area contributed by atoms with Crippen molar-refractivity contribution in [1.82, 2.24) is 0 Å². The third-order valence-corrected chi connectivity index (χ3v) is 5.92. The average Bonchev–Trinajstić information content (AvgIpc) is 3.27. The van der Waals surface area contributed by atoms with Gasteiger partial charge in [0.15, 0.2) is 11.5 Å². The summed E-state index contributed by atoms with van der Waals surface area (Å²) < 4.78 is 21.8. The zero-order chi connectivity index (χ0) is 21.3. The summed E-state index contributed by atoms with van der Waals surface area (Å²) in [5, 5.41) is 3.68. The number of hydrogen-bond donors (Lipinski definition) is 1. The van der Waals surface area contributed by atoms with E-state index in [2.05, 4.69) is 17.5 Å². The van der Waals surface area contributed by atoms with Gasteiger partial charge in [-0.1, -0.05) is 12.2 Å². The van der Waals surface area contributed by atoms with Crippen LogP contribution in [0.25, 0.3) is 0 Å². The van der Waals surface area contributed by atoms with Crippen LogP contribution in [0.1, 0.15) is 46.8 Å². The summed E-state index contributed by atoms with van der Waals surface area (Å²) in [5.41, 5.74) is 3.81. The molecule has 0 aromatic heterocycles. The molecular weight excluding hydrogens is 382 g/mol. The van der Waals surface area contributed by atoms with Crippen LogP contribution in [0, 0.1) is 5.92 Å². The van der Waals surface area contributed by atoms with Crippen molar-refractivity contribution in [1.29, 1.82) is 0 Å². The van der Waals surface area contributed by atoms with Crippen LogP contribution in [-0.4, -0.2) is 33.9 Å². The van der Waals surface area contributed by atoms with Gasteiger partial charge in [-0.25, -0.2) is 4.79 Å². The fourth-order valence-corrected chi connectivity index (χ4v) is 4.55. The van der Waals surface area contributed by atoms with Gasteiger partial charge in [-0.2, -0.15) is 0 Å². The summed E-state index contributed by atoms with van der Waals surface area (Å²) in [6, 6.07) is 9.82. The Hall–Kier alpha value is -3.15. The van der Waals surface area contributed by atoms with Gasteiger partial charge in [0.05, 0.1) is 39.5 Å². The number of carbonyl (C=O) groups excluding carboxylic acids is 1. The van der Waals surface area contributed by atoms with Gasteiger partial charge in [0.2, 0.25) is 5.75 Å². The van der Waals surface area contributed by atoms with Crippen molar-refractivity contribution in [3.63, 3.8) is 0 Å². The first-order valence-corrected chi connectivity index (χ1v) is 10.1. The van der Waals surface area contributed by atoms with Crippen molar-refractivity contribution in [3.05, 3.63) is 59.2 Å². The largest absolute Gasteiger partial charge is 0.493 e. The molecule has 0 saturated carbocycles. The first-order chi connectivity index (χ1) is 14.6. The van der Waals surface area contributed by atoms with E-state index in [1.807, 2.05) is 37.3 Å². The second-order valence-electron chi connectivity index (χ2n) is 7.46. The van der Waals surface area contributed by atoms with Crippen molar-refractivity contribution < 1.29 is 23.7 Å². The number of allylic oxidation sites excluding steroid dienone is 2. The zero-order valence-electron chi connectivity index (χ0n) is 17.7. The molecule has 1 aliphatic carbocycles. The number of carbonyl (C=O) groups is 1. The molecule has 0 saturated heterocycles. The standard InChI is InChI=1S/C24H27NO5/c1-5-30-24(26)14-9-10-19-18(11-14)16-7-6-8-17(16)22(25-19)15-12-20(27-2)23(29-4)21(13-15)28-3/h6-7,9-13,16-17,22,25H,5,8H2,1-4H3. The first-order valence-electron chi connectivity index (χ1n) is 10.1. The predicted octanol–water partition coefficient (Wildman–Crippen LogP) is 4.72. The lowest BCUT2D eigenvalue weighted by Crippen LogP contribution is -2.29. The van der Waals surface area contributed by atoms with E-state index in [1.54, 1.807) is 21.3 Å². The summed E-state index contributed by atoms with van der Waals surface area (Å²) in [6.45, 7) is 2.18. The normalized spacial score (nSPS) is 21.3. The predicted molar refractivity (Wildman–Crippen MR) is 115 cm³/mol. The highest BCUT2D eigenvalue weighted by atomic mass is 16.5. The average molecular weight is 409 g/mol. The van der Waals surface area contributed by atoms with Gasteiger partial charge in [-0.15, -0.1) is 0 Å². The maximum Gasteiger partial charge on any atom is 0.338 e. The maximum absolute atomic E-state index is 12.2. The molecular formula is C24H27NO5. The molecule has 30 heavy (non-hydrogen) atoms. The molecule has 6 heteroatoms. The van der Waals surface area contributed by atoms with Crippen LogP contribution in [0.3, 0.4) is 0 Å². The smallest absolute Gasteiger partial charge is 0.338 e. The van der Waals surface area contributed by atoms with E-state index in [0.29, 0.717) is 35.3 Å². The molecule has 0 fully saturated rings. The molecule has 1 heterocycles. The van der Waals surface area contributed by atoms with Crippen molar-refractivity contribution in [2.24, 2.45) is 5.92 Å². The second kappa shape index (κ2) is 8.30. The van der Waals surface area contributed by atoms with E-state index in [-0.39, 0.29) is 17.9 Å². The van der Waals surface area contributed by atoms with Gasteiger partial charge in [0, 0.05) is 11.6 Å². The van der Waals surface area contributed by atoms with Crippen molar-refractivity contribution >= 4 is 11.7 Å². The molecule has 2 aromatic carbocycles. The minimum atomic E-state index is -0.287. The van der Waals surface area contributed by atoms with Crippen LogP contribution in [0.2, 0.25) is 0 Å². The molecule has 4 rings (SSSR count). The van der Waals surface area contributed by atoms with Crippen LogP contribution < -0.4 is 19.5 Å². The number of esters is 1. The summed E-state index contributed by atoms with van der Waals surface area (Å²) in [5.74, 6) is 2.11. The number of benzene rings is 2. The first kappa shape index (κ1) is 20.1. The van der Waals surface area contributed by atoms with Gasteiger partial charge >= 0.3 is 5.97 Å². The molecule has 2 aliphatic rings. The highest BCUT2D eigenvalue weighted by Crippen LogP contribution is 2.51. The van der Waals surface area contributed by atoms with Crippen LogP contribution in [0.5, 0.6) is 17.2 Å². The van der Waals surface area contributed by atoms with E-state index >= 15 is 0 Å². The summed E-state index contributed by atoms with van der Waals surface area (Å²) >= 11 is 0. The van der Waals surface area contributed by atoms with Crippen LogP contribution in [-0.2, 0) is 4.74 Å². The molecule has 6 nitrogen and oxygen atoms in total. The molecule has 0 spiro atoms. The lowest BCUT2D eigenvalue weighted by atomic mass is 9.76. The van der Waals surface area contributed by atoms with Gasteiger partial charge in [-0.3, -0.25) is 0 Å². The van der Waals surface area contributed by atoms with E-state index in [4.69, 9.17) is 18.9 Å². The van der Waals surface area contributed by atoms with Crippen LogP contribution in [0.15, 0.2) is 42.5 Å². The van der Waals surface area contributed by atoms with Gasteiger partial charge in [0.25, 0.3) is 0 Å². The van der Waals surface area contributed by atoms with E-state index in [0.717, 1.165) is 23.2 Å². The molecule has 158 valence electrons. The number of fused-ring (bicyclic) bond motifs is 3. The number of rotatable bonds is 6. The minimum absolute atomic E-state index is 0.0691. The molecule has 0 amide bonds. The Morgan fingerprint density at radius 1 is 1.07 bits per heavy atom. The summed E-state index contributed by atoms with van der Waals surface area (Å²) in [7, 11) is 4.86. The Kier molecular flexibility index (Phi) is 5.57. The minimum Gasteiger partial charge on any atom is -0.493 e. The molecule has 0 radical (unpaired) electrons. The van der Waals surface area contributed by atoms with Gasteiger partial charge in [0.1, 0.15) is 0 Å². The Bertz CT molecular complexity index is 959. The molecule has 2 aromatic rings. The summed E-state index contributed by atoms with van der Waals surface area (Å²) in [4.78, 5) is 12.2. The third kappa shape index (κ3) is 3.36. The van der Waals surface area contributed by atoms with E-state index < -0.39 is 0 Å². The Morgan fingerprint density at radius 2 is 1.80 bits per heavy atom. The number of methoxy groups -OCH3 is 3. The Labute approximate surface area is 176 Å². The van der Waals surface area contributed by atoms with Crippen LogP contribution >= 0.6 is 0 Å². The fraction of sp³-hybridized carbons (Fsp3) is 0.375. The Balaban J connectivity index is 1.74. The molecule has 1 aliphatic heterocycles. The van der Waals surface area contributed by atoms with Crippen LogP contribution in [0.4, 0.5) is 5.69 Å². The van der Waals surface area contributed by atoms with Crippen molar-refractivity contribution in [2.45, 2.75) is 25.3 Å². The molecule has 3 atom stereocenters. The highest BCUT2D eigenvalue weighted by Gasteiger charge is 2.39. The second-order valence-corrected chi connectivity index (χ2v) is 7.46. The van der Waals surface area contributed by atoms with Gasteiger partial charge < -0.3 is 24.3 Å². The topological polar surface area (TPSA) is 66.0 Å². The van der Waals surface area contributed by atoms with Crippen molar-refractivity contribution in [2.75, 3.05) is 33.3 Å². The molecule has 0 bridgehead atoms. The SMILES string of the molecule is CCOC(=O)c1ccc2c(c1)C1C=CCC1C(c1cc(OC)c(OC)c(OC)c1)N2. The highest BCUT2D eigenvalue weighted by molar-refractivity contribution is 5.90. The Morgan fingerprint density at radius 3 is 2.43 bits per heavy atom. The van der Waals surface area contributed by atoms with E-state index in [1.165, 1.54) is 0 Å². The number of hydrogen-bond acceptors (Lipinski definition) is 6. The number of nitrogens with one attached hydrogen (secondary N) is 1. The lowest BCUT2D eigenvalue weighted by Gasteiger charge is -2.38. The summed E-state index contributed by atoms with van der Waals surface area (Å²) in [6.07, 6.45) is 5.40. The lowest BCUT2D eigenvalue weighted by molar-refractivity contribution is 0.0526. The number of ether oxygens (including phenoxy) is 4. The monoisotopic (exact) mass is 409 g/mol. The molecule has 1 N–H and O–H groups in total. The van der Waals surface area contributed by atoms with E-state index in [9.17, 15) is 4.79 Å². The van der Waals surface area contributed by atoms with Gasteiger partial charge in [-0.05, 0) is 60.7 Å².